The molecule has 134 valence electrons. The molecule has 2 aromatic carbocycles. The second kappa shape index (κ2) is 8.29. The van der Waals surface area contributed by atoms with Crippen LogP contribution in [0.1, 0.15) is 25.0 Å². The zero-order chi connectivity index (χ0) is 18.4. The summed E-state index contributed by atoms with van der Waals surface area (Å²) in [5.74, 6) is 0.607. The molecule has 0 atom stereocenters. The molecule has 0 fully saturated rings. The molecule has 1 amide bonds. The van der Waals surface area contributed by atoms with Gasteiger partial charge in [-0.05, 0) is 52.5 Å². The Labute approximate surface area is 152 Å². The Morgan fingerprint density at radius 3 is 2.62 bits per heavy atom. The van der Waals surface area contributed by atoms with Gasteiger partial charge in [-0.3, -0.25) is 4.79 Å². The number of rotatable bonds is 7. The molecule has 0 unspecified atom stereocenters. The fourth-order valence-corrected chi connectivity index (χ4v) is 2.65. The van der Waals surface area contributed by atoms with Gasteiger partial charge in [-0.2, -0.15) is 0 Å². The molecule has 6 heteroatoms. The van der Waals surface area contributed by atoms with Crippen LogP contribution in [0.3, 0.4) is 0 Å². The summed E-state index contributed by atoms with van der Waals surface area (Å²) in [6.07, 6.45) is 1.76. The third-order valence-electron chi connectivity index (χ3n) is 4.08. The van der Waals surface area contributed by atoms with Crippen LogP contribution in [0.5, 0.6) is 5.75 Å². The maximum Gasteiger partial charge on any atom is 0.263 e. The van der Waals surface area contributed by atoms with Crippen molar-refractivity contribution < 1.29 is 14.2 Å². The summed E-state index contributed by atoms with van der Waals surface area (Å²) < 4.78 is 10.3. The van der Waals surface area contributed by atoms with E-state index in [1.165, 1.54) is 5.56 Å². The van der Waals surface area contributed by atoms with E-state index < -0.39 is 0 Å². The predicted octanol–water partition coefficient (Wildman–Crippen LogP) is 3.88. The van der Waals surface area contributed by atoms with Gasteiger partial charge in [-0.1, -0.05) is 44.2 Å². The lowest BCUT2D eigenvalue weighted by Gasteiger charge is -2.09. The molecule has 26 heavy (non-hydrogen) atoms. The summed E-state index contributed by atoms with van der Waals surface area (Å²) in [6, 6.07) is 15.4. The van der Waals surface area contributed by atoms with Crippen molar-refractivity contribution in [3.05, 3.63) is 59.7 Å². The third kappa shape index (κ3) is 4.08. The SMILES string of the molecule is CCc1ccc(CC)c(-c2nonc2NC(=O)COc2ccccc2)c1. The first kappa shape index (κ1) is 17.7. The van der Waals surface area contributed by atoms with Gasteiger partial charge in [-0.15, -0.1) is 0 Å². The van der Waals surface area contributed by atoms with E-state index in [0.29, 0.717) is 17.3 Å². The standard InChI is InChI=1S/C20H21N3O3/c1-3-14-10-11-15(4-2)17(12-14)19-20(23-26-22-19)21-18(24)13-25-16-8-6-5-7-9-16/h5-12H,3-4,13H2,1-2H3,(H,21,23,24). The molecule has 0 aliphatic carbocycles. The van der Waals surface area contributed by atoms with Crippen LogP contribution in [0.4, 0.5) is 5.82 Å². The summed E-state index contributed by atoms with van der Waals surface area (Å²) in [5.41, 5.74) is 3.76. The number of anilines is 1. The van der Waals surface area contributed by atoms with Crippen LogP contribution in [0.2, 0.25) is 0 Å². The molecule has 1 N–H and O–H groups in total. The number of aryl methyl sites for hydroxylation is 2. The Balaban J connectivity index is 1.75. The van der Waals surface area contributed by atoms with Gasteiger partial charge < -0.3 is 10.1 Å². The van der Waals surface area contributed by atoms with E-state index in [9.17, 15) is 4.79 Å². The van der Waals surface area contributed by atoms with Crippen molar-refractivity contribution in [2.24, 2.45) is 0 Å². The van der Waals surface area contributed by atoms with Crippen molar-refractivity contribution in [2.45, 2.75) is 26.7 Å². The van der Waals surface area contributed by atoms with Crippen molar-refractivity contribution in [2.75, 3.05) is 11.9 Å². The van der Waals surface area contributed by atoms with Gasteiger partial charge in [0.1, 0.15) is 5.75 Å². The first-order valence-electron chi connectivity index (χ1n) is 8.63. The Bertz CT molecular complexity index is 875. The van der Waals surface area contributed by atoms with Crippen LogP contribution >= 0.6 is 0 Å². The van der Waals surface area contributed by atoms with E-state index in [0.717, 1.165) is 24.0 Å². The van der Waals surface area contributed by atoms with Crippen LogP contribution in [0.25, 0.3) is 11.3 Å². The van der Waals surface area contributed by atoms with Gasteiger partial charge in [0.05, 0.1) is 0 Å². The highest BCUT2D eigenvalue weighted by molar-refractivity contribution is 5.94. The van der Waals surface area contributed by atoms with Crippen LogP contribution in [0.15, 0.2) is 53.2 Å². The number of para-hydroxylation sites is 1. The molecule has 6 nitrogen and oxygen atoms in total. The van der Waals surface area contributed by atoms with Crippen molar-refractivity contribution in [1.82, 2.24) is 10.3 Å². The molecule has 3 aromatic rings. The zero-order valence-corrected chi connectivity index (χ0v) is 14.9. The maximum absolute atomic E-state index is 12.2. The number of amides is 1. The van der Waals surface area contributed by atoms with Crippen LogP contribution in [0, 0.1) is 0 Å². The third-order valence-corrected chi connectivity index (χ3v) is 4.08. The first-order chi connectivity index (χ1) is 12.7. The van der Waals surface area contributed by atoms with Gasteiger partial charge in [0.2, 0.25) is 5.82 Å². The average Bonchev–Trinajstić information content (AvgIpc) is 3.14. The van der Waals surface area contributed by atoms with Crippen molar-refractivity contribution in [1.29, 1.82) is 0 Å². The number of hydrogen-bond acceptors (Lipinski definition) is 5. The number of ether oxygens (including phenoxy) is 1. The number of benzene rings is 2. The highest BCUT2D eigenvalue weighted by Crippen LogP contribution is 2.29. The monoisotopic (exact) mass is 351 g/mol. The number of carbonyl (C=O) groups excluding carboxylic acids is 1. The minimum absolute atomic E-state index is 0.119. The lowest BCUT2D eigenvalue weighted by molar-refractivity contribution is -0.118. The van der Waals surface area contributed by atoms with E-state index in [2.05, 4.69) is 47.7 Å². The molecule has 0 aliphatic rings. The Morgan fingerprint density at radius 1 is 1.08 bits per heavy atom. The van der Waals surface area contributed by atoms with E-state index in [1.807, 2.05) is 18.2 Å². The second-order valence-electron chi connectivity index (χ2n) is 5.81. The summed E-state index contributed by atoms with van der Waals surface area (Å²) in [5, 5.41) is 10.6. The molecular weight excluding hydrogens is 330 g/mol. The number of aromatic nitrogens is 2. The second-order valence-corrected chi connectivity index (χ2v) is 5.81. The molecule has 0 bridgehead atoms. The number of carbonyl (C=O) groups is 1. The molecular formula is C20H21N3O3. The number of nitrogens with zero attached hydrogens (tertiary/aromatic N) is 2. The summed E-state index contributed by atoms with van der Waals surface area (Å²) in [6.45, 7) is 4.05. The topological polar surface area (TPSA) is 77.3 Å². The minimum Gasteiger partial charge on any atom is -0.484 e. The first-order valence-corrected chi connectivity index (χ1v) is 8.63. The highest BCUT2D eigenvalue weighted by atomic mass is 16.6. The molecule has 0 aliphatic heterocycles. The fraction of sp³-hybridized carbons (Fsp3) is 0.250. The smallest absolute Gasteiger partial charge is 0.263 e. The maximum atomic E-state index is 12.2. The fourth-order valence-electron chi connectivity index (χ4n) is 2.65. The van der Waals surface area contributed by atoms with E-state index in [4.69, 9.17) is 9.37 Å². The summed E-state index contributed by atoms with van der Waals surface area (Å²) in [7, 11) is 0. The van der Waals surface area contributed by atoms with Crippen molar-refractivity contribution in [3.63, 3.8) is 0 Å². The number of hydrogen-bond donors (Lipinski definition) is 1. The van der Waals surface area contributed by atoms with Crippen molar-refractivity contribution >= 4 is 11.7 Å². The van der Waals surface area contributed by atoms with E-state index >= 15 is 0 Å². The molecule has 0 saturated carbocycles. The molecule has 0 spiro atoms. The van der Waals surface area contributed by atoms with Crippen LogP contribution < -0.4 is 10.1 Å². The normalized spacial score (nSPS) is 10.5. The molecule has 1 heterocycles. The van der Waals surface area contributed by atoms with Gasteiger partial charge in [0.25, 0.3) is 5.91 Å². The van der Waals surface area contributed by atoms with Crippen molar-refractivity contribution in [3.8, 4) is 17.0 Å². The average molecular weight is 351 g/mol. The largest absolute Gasteiger partial charge is 0.484 e. The summed E-state index contributed by atoms with van der Waals surface area (Å²) in [4.78, 5) is 12.2. The zero-order valence-electron chi connectivity index (χ0n) is 14.9. The lowest BCUT2D eigenvalue weighted by Crippen LogP contribution is -2.20. The van der Waals surface area contributed by atoms with Gasteiger partial charge in [-0.25, -0.2) is 4.63 Å². The lowest BCUT2D eigenvalue weighted by atomic mass is 9.98. The van der Waals surface area contributed by atoms with Crippen LogP contribution in [-0.4, -0.2) is 22.8 Å². The van der Waals surface area contributed by atoms with Gasteiger partial charge in [0, 0.05) is 5.56 Å². The van der Waals surface area contributed by atoms with Gasteiger partial charge >= 0.3 is 0 Å². The Kier molecular flexibility index (Phi) is 5.63. The predicted molar refractivity (Wildman–Crippen MR) is 99.1 cm³/mol. The van der Waals surface area contributed by atoms with Gasteiger partial charge in [0.15, 0.2) is 12.3 Å². The Morgan fingerprint density at radius 2 is 1.88 bits per heavy atom. The Hall–Kier alpha value is -3.15. The molecule has 1 aromatic heterocycles. The molecule has 3 rings (SSSR count). The highest BCUT2D eigenvalue weighted by Gasteiger charge is 2.18. The van der Waals surface area contributed by atoms with Crippen LogP contribution in [-0.2, 0) is 17.6 Å². The summed E-state index contributed by atoms with van der Waals surface area (Å²) >= 11 is 0. The number of nitrogens with one attached hydrogen (secondary N) is 1. The minimum atomic E-state index is -0.324. The molecule has 0 radical (unpaired) electrons. The molecule has 0 saturated heterocycles. The quantitative estimate of drug-likeness (QED) is 0.699. The van der Waals surface area contributed by atoms with E-state index in [1.54, 1.807) is 12.1 Å². The van der Waals surface area contributed by atoms with E-state index in [-0.39, 0.29) is 12.5 Å².